The Labute approximate surface area is 152 Å². The molecule has 0 bridgehead atoms. The van der Waals surface area contributed by atoms with Crippen molar-refractivity contribution in [3.63, 3.8) is 0 Å². The third-order valence-corrected chi connectivity index (χ3v) is 4.58. The van der Waals surface area contributed by atoms with Gasteiger partial charge in [-0.2, -0.15) is 0 Å². The quantitative estimate of drug-likeness (QED) is 0.710. The largest absolute Gasteiger partial charge is 0.483 e. The van der Waals surface area contributed by atoms with Crippen molar-refractivity contribution in [2.45, 2.75) is 13.3 Å². The fraction of sp³-hybridized carbons (Fsp3) is 0.238. The van der Waals surface area contributed by atoms with Gasteiger partial charge in [-0.1, -0.05) is 37.3 Å². The number of pyridine rings is 1. The van der Waals surface area contributed by atoms with Crippen LogP contribution in [-0.4, -0.2) is 24.1 Å². The second-order valence-electron chi connectivity index (χ2n) is 6.15. The minimum Gasteiger partial charge on any atom is -0.483 e. The number of para-hydroxylation sites is 2. The van der Waals surface area contributed by atoms with Gasteiger partial charge in [-0.05, 0) is 30.2 Å². The van der Waals surface area contributed by atoms with Crippen molar-refractivity contribution in [1.82, 2.24) is 4.57 Å². The molecule has 2 aromatic carbocycles. The summed E-state index contributed by atoms with van der Waals surface area (Å²) in [7, 11) is 3.46. The first-order chi connectivity index (χ1) is 12.5. The van der Waals surface area contributed by atoms with Gasteiger partial charge in [0.1, 0.15) is 5.75 Å². The van der Waals surface area contributed by atoms with Crippen molar-refractivity contribution in [1.29, 1.82) is 0 Å². The second-order valence-corrected chi connectivity index (χ2v) is 6.15. The van der Waals surface area contributed by atoms with Gasteiger partial charge in [-0.15, -0.1) is 0 Å². The van der Waals surface area contributed by atoms with Crippen LogP contribution in [0, 0.1) is 0 Å². The predicted octanol–water partition coefficient (Wildman–Crippen LogP) is 3.14. The zero-order valence-corrected chi connectivity index (χ0v) is 15.2. The van der Waals surface area contributed by atoms with Crippen LogP contribution in [0.4, 0.5) is 5.69 Å². The maximum atomic E-state index is 12.6. The Morgan fingerprint density at radius 3 is 2.58 bits per heavy atom. The lowest BCUT2D eigenvalue weighted by Gasteiger charge is -2.21. The zero-order chi connectivity index (χ0) is 18.7. The van der Waals surface area contributed by atoms with Gasteiger partial charge in [-0.25, -0.2) is 0 Å². The van der Waals surface area contributed by atoms with Crippen LogP contribution in [0.1, 0.15) is 12.5 Å². The lowest BCUT2D eigenvalue weighted by Crippen LogP contribution is -2.32. The highest BCUT2D eigenvalue weighted by Crippen LogP contribution is 2.24. The minimum atomic E-state index is -0.171. The van der Waals surface area contributed by atoms with E-state index in [-0.39, 0.29) is 18.1 Å². The molecule has 0 saturated heterocycles. The maximum absolute atomic E-state index is 12.6. The van der Waals surface area contributed by atoms with E-state index in [1.165, 1.54) is 6.07 Å². The lowest BCUT2D eigenvalue weighted by molar-refractivity contribution is -0.120. The fourth-order valence-corrected chi connectivity index (χ4v) is 3.01. The highest BCUT2D eigenvalue weighted by Gasteiger charge is 2.15. The molecule has 0 aliphatic rings. The van der Waals surface area contributed by atoms with Crippen molar-refractivity contribution in [3.05, 3.63) is 70.5 Å². The fourth-order valence-electron chi connectivity index (χ4n) is 3.01. The molecule has 0 aliphatic heterocycles. The number of amides is 1. The van der Waals surface area contributed by atoms with E-state index in [1.54, 1.807) is 23.6 Å². The van der Waals surface area contributed by atoms with E-state index in [4.69, 9.17) is 4.74 Å². The number of benzene rings is 2. The first kappa shape index (κ1) is 17.7. The molecule has 0 aliphatic carbocycles. The number of carbonyl (C=O) groups is 1. The van der Waals surface area contributed by atoms with Crippen molar-refractivity contribution >= 4 is 22.5 Å². The molecule has 0 unspecified atom stereocenters. The standard InChI is InChI=1S/C21H22N2O3/c1-4-15-9-5-7-11-17(15)22(2)21(25)14-26-19-13-20(24)23(3)18-12-8-6-10-16(18)19/h5-13H,4,14H2,1-3H3. The van der Waals surface area contributed by atoms with Crippen LogP contribution in [0.3, 0.4) is 0 Å². The molecule has 5 heteroatoms. The molecule has 0 radical (unpaired) electrons. The number of hydrogen-bond donors (Lipinski definition) is 0. The lowest BCUT2D eigenvalue weighted by atomic mass is 10.1. The molecule has 0 saturated carbocycles. The number of ether oxygens (including phenoxy) is 1. The molecule has 0 N–H and O–H groups in total. The van der Waals surface area contributed by atoms with E-state index < -0.39 is 0 Å². The summed E-state index contributed by atoms with van der Waals surface area (Å²) in [5, 5.41) is 0.805. The van der Waals surface area contributed by atoms with Crippen molar-refractivity contribution < 1.29 is 9.53 Å². The Morgan fingerprint density at radius 1 is 1.12 bits per heavy atom. The van der Waals surface area contributed by atoms with Gasteiger partial charge in [0.05, 0.1) is 5.52 Å². The summed E-state index contributed by atoms with van der Waals surface area (Å²) in [6.45, 7) is 1.92. The van der Waals surface area contributed by atoms with E-state index in [0.29, 0.717) is 5.75 Å². The Hall–Kier alpha value is -3.08. The molecule has 1 heterocycles. The molecule has 5 nitrogen and oxygen atoms in total. The summed E-state index contributed by atoms with van der Waals surface area (Å²) in [5.74, 6) is 0.255. The number of anilines is 1. The number of rotatable bonds is 5. The number of carbonyl (C=O) groups excluding carboxylic acids is 1. The molecule has 0 atom stereocenters. The monoisotopic (exact) mass is 350 g/mol. The molecule has 3 aromatic rings. The maximum Gasteiger partial charge on any atom is 0.264 e. The third-order valence-electron chi connectivity index (χ3n) is 4.58. The summed E-state index contributed by atoms with van der Waals surface area (Å²) in [6, 6.07) is 16.7. The average molecular weight is 350 g/mol. The van der Waals surface area contributed by atoms with Gasteiger partial charge in [0.25, 0.3) is 11.5 Å². The first-order valence-corrected chi connectivity index (χ1v) is 8.59. The van der Waals surface area contributed by atoms with E-state index >= 15 is 0 Å². The Kier molecular flexibility index (Phi) is 5.07. The molecule has 3 rings (SSSR count). The number of hydrogen-bond acceptors (Lipinski definition) is 3. The van der Waals surface area contributed by atoms with Crippen molar-refractivity contribution in [3.8, 4) is 5.75 Å². The molecule has 1 aromatic heterocycles. The first-order valence-electron chi connectivity index (χ1n) is 8.59. The van der Waals surface area contributed by atoms with Gasteiger partial charge >= 0.3 is 0 Å². The van der Waals surface area contributed by atoms with E-state index in [1.807, 2.05) is 48.5 Å². The van der Waals surface area contributed by atoms with Gasteiger partial charge in [0, 0.05) is 31.2 Å². The van der Waals surface area contributed by atoms with E-state index in [9.17, 15) is 9.59 Å². The Morgan fingerprint density at radius 2 is 1.81 bits per heavy atom. The van der Waals surface area contributed by atoms with Crippen LogP contribution >= 0.6 is 0 Å². The molecule has 1 amide bonds. The van der Waals surface area contributed by atoms with Gasteiger partial charge in [0.15, 0.2) is 6.61 Å². The smallest absolute Gasteiger partial charge is 0.264 e. The molecular formula is C21H22N2O3. The van der Waals surface area contributed by atoms with Crippen LogP contribution in [0.25, 0.3) is 10.9 Å². The van der Waals surface area contributed by atoms with Crippen LogP contribution in [0.15, 0.2) is 59.4 Å². The number of likely N-dealkylation sites (N-methyl/N-ethyl adjacent to an activating group) is 1. The van der Waals surface area contributed by atoms with Gasteiger partial charge < -0.3 is 14.2 Å². The predicted molar refractivity (Wildman–Crippen MR) is 104 cm³/mol. The normalized spacial score (nSPS) is 10.7. The topological polar surface area (TPSA) is 51.5 Å². The summed E-state index contributed by atoms with van der Waals surface area (Å²) < 4.78 is 7.29. The summed E-state index contributed by atoms with van der Waals surface area (Å²) in [4.78, 5) is 26.3. The summed E-state index contributed by atoms with van der Waals surface area (Å²) in [6.07, 6.45) is 0.841. The van der Waals surface area contributed by atoms with E-state index in [0.717, 1.165) is 28.6 Å². The van der Waals surface area contributed by atoms with Crippen molar-refractivity contribution in [2.24, 2.45) is 7.05 Å². The zero-order valence-electron chi connectivity index (χ0n) is 15.2. The number of fused-ring (bicyclic) bond motifs is 1. The second kappa shape index (κ2) is 7.44. The Balaban J connectivity index is 1.83. The van der Waals surface area contributed by atoms with Crippen molar-refractivity contribution in [2.75, 3.05) is 18.6 Å². The number of aryl methyl sites for hydroxylation is 2. The van der Waals surface area contributed by atoms with Crippen LogP contribution in [0.2, 0.25) is 0 Å². The SMILES string of the molecule is CCc1ccccc1N(C)C(=O)COc1cc(=O)n(C)c2ccccc12. The van der Waals surface area contributed by atoms with Gasteiger partial charge in [0.2, 0.25) is 0 Å². The average Bonchev–Trinajstić information content (AvgIpc) is 2.68. The highest BCUT2D eigenvalue weighted by molar-refractivity contribution is 5.95. The Bertz CT molecular complexity index is 1010. The summed E-state index contributed by atoms with van der Waals surface area (Å²) >= 11 is 0. The van der Waals surface area contributed by atoms with Gasteiger partial charge in [-0.3, -0.25) is 9.59 Å². The molecule has 0 fully saturated rings. The molecule has 26 heavy (non-hydrogen) atoms. The van der Waals surface area contributed by atoms with E-state index in [2.05, 4.69) is 6.92 Å². The number of nitrogens with zero attached hydrogens (tertiary/aromatic N) is 2. The highest BCUT2D eigenvalue weighted by atomic mass is 16.5. The van der Waals surface area contributed by atoms with Crippen LogP contribution in [0.5, 0.6) is 5.75 Å². The molecular weight excluding hydrogens is 328 g/mol. The van der Waals surface area contributed by atoms with Crippen LogP contribution in [-0.2, 0) is 18.3 Å². The minimum absolute atomic E-state index is 0.133. The van der Waals surface area contributed by atoms with Crippen LogP contribution < -0.4 is 15.2 Å². The molecule has 134 valence electrons. The molecule has 0 spiro atoms. The third kappa shape index (κ3) is 3.33. The number of aromatic nitrogens is 1. The summed E-state index contributed by atoms with van der Waals surface area (Å²) in [5.41, 5.74) is 2.57.